The monoisotopic (exact) mass is 297 g/mol. The molecule has 0 aromatic heterocycles. The molecule has 0 saturated heterocycles. The molecule has 1 aromatic carbocycles. The molecule has 0 amide bonds. The zero-order valence-corrected chi connectivity index (χ0v) is 13.3. The molecular formula is C16H24ClNS. The SMILES string of the molecule is CCSCCCC(CNC1CC1)c1cccc(Cl)c1. The molecule has 106 valence electrons. The number of halogens is 1. The van der Waals surface area contributed by atoms with Crippen LogP contribution in [0.4, 0.5) is 0 Å². The van der Waals surface area contributed by atoms with Gasteiger partial charge in [0.05, 0.1) is 0 Å². The molecular weight excluding hydrogens is 274 g/mol. The van der Waals surface area contributed by atoms with Crippen LogP contribution in [0.1, 0.15) is 44.1 Å². The normalized spacial score (nSPS) is 16.5. The summed E-state index contributed by atoms with van der Waals surface area (Å²) in [4.78, 5) is 0. The first kappa shape index (κ1) is 15.2. The smallest absolute Gasteiger partial charge is 0.0408 e. The van der Waals surface area contributed by atoms with Crippen molar-refractivity contribution in [1.29, 1.82) is 0 Å². The van der Waals surface area contributed by atoms with Gasteiger partial charge in [-0.1, -0.05) is 30.7 Å². The highest BCUT2D eigenvalue weighted by Gasteiger charge is 2.22. The molecule has 0 heterocycles. The molecule has 0 spiro atoms. The van der Waals surface area contributed by atoms with Gasteiger partial charge < -0.3 is 5.32 Å². The van der Waals surface area contributed by atoms with Crippen molar-refractivity contribution in [1.82, 2.24) is 5.32 Å². The summed E-state index contributed by atoms with van der Waals surface area (Å²) >= 11 is 8.16. The lowest BCUT2D eigenvalue weighted by Gasteiger charge is -2.18. The number of benzene rings is 1. The second-order valence-electron chi connectivity index (χ2n) is 5.27. The van der Waals surface area contributed by atoms with Crippen LogP contribution in [0.15, 0.2) is 24.3 Å². The third-order valence-corrected chi connectivity index (χ3v) is 4.82. The van der Waals surface area contributed by atoms with Gasteiger partial charge in [-0.2, -0.15) is 11.8 Å². The van der Waals surface area contributed by atoms with Crippen molar-refractivity contribution in [2.75, 3.05) is 18.1 Å². The minimum absolute atomic E-state index is 0.608. The van der Waals surface area contributed by atoms with Gasteiger partial charge in [0.25, 0.3) is 0 Å². The molecule has 1 aliphatic carbocycles. The van der Waals surface area contributed by atoms with E-state index < -0.39 is 0 Å². The minimum atomic E-state index is 0.608. The molecule has 1 fully saturated rings. The maximum Gasteiger partial charge on any atom is 0.0408 e. The van der Waals surface area contributed by atoms with Crippen LogP contribution in [0.5, 0.6) is 0 Å². The lowest BCUT2D eigenvalue weighted by molar-refractivity contribution is 0.544. The first-order chi connectivity index (χ1) is 9.29. The Labute approximate surface area is 126 Å². The molecule has 1 atom stereocenters. The van der Waals surface area contributed by atoms with Crippen molar-refractivity contribution < 1.29 is 0 Å². The van der Waals surface area contributed by atoms with Crippen molar-refractivity contribution in [3.05, 3.63) is 34.9 Å². The zero-order valence-electron chi connectivity index (χ0n) is 11.7. The van der Waals surface area contributed by atoms with E-state index in [-0.39, 0.29) is 0 Å². The fourth-order valence-electron chi connectivity index (χ4n) is 2.32. The van der Waals surface area contributed by atoms with Crippen LogP contribution in [-0.2, 0) is 0 Å². The molecule has 0 bridgehead atoms. The van der Waals surface area contributed by atoms with Crippen molar-refractivity contribution in [2.45, 2.75) is 44.6 Å². The molecule has 1 saturated carbocycles. The molecule has 1 nitrogen and oxygen atoms in total. The Hall–Kier alpha value is -0.180. The molecule has 1 N–H and O–H groups in total. The van der Waals surface area contributed by atoms with E-state index in [0.717, 1.165) is 17.6 Å². The molecule has 1 aromatic rings. The number of nitrogens with one attached hydrogen (secondary N) is 1. The Morgan fingerprint density at radius 3 is 2.95 bits per heavy atom. The van der Waals surface area contributed by atoms with Gasteiger partial charge in [-0.3, -0.25) is 0 Å². The summed E-state index contributed by atoms with van der Waals surface area (Å²) in [6, 6.07) is 9.17. The van der Waals surface area contributed by atoms with Gasteiger partial charge in [-0.25, -0.2) is 0 Å². The highest BCUT2D eigenvalue weighted by atomic mass is 35.5. The Balaban J connectivity index is 1.87. The topological polar surface area (TPSA) is 12.0 Å². The van der Waals surface area contributed by atoms with E-state index >= 15 is 0 Å². The van der Waals surface area contributed by atoms with Crippen molar-refractivity contribution in [2.24, 2.45) is 0 Å². The van der Waals surface area contributed by atoms with Crippen LogP contribution < -0.4 is 5.32 Å². The van der Waals surface area contributed by atoms with Crippen molar-refractivity contribution >= 4 is 23.4 Å². The predicted molar refractivity (Wildman–Crippen MR) is 87.5 cm³/mol. The second kappa shape index (κ2) is 8.18. The fraction of sp³-hybridized carbons (Fsp3) is 0.625. The predicted octanol–water partition coefficient (Wildman–Crippen LogP) is 4.71. The van der Waals surface area contributed by atoms with Gasteiger partial charge in [0.2, 0.25) is 0 Å². The van der Waals surface area contributed by atoms with E-state index in [1.54, 1.807) is 0 Å². The van der Waals surface area contributed by atoms with E-state index in [4.69, 9.17) is 11.6 Å². The standard InChI is InChI=1S/C16H24ClNS/c1-2-19-10-4-6-14(12-18-16-8-9-16)13-5-3-7-15(17)11-13/h3,5,7,11,14,16,18H,2,4,6,8-10,12H2,1H3. The largest absolute Gasteiger partial charge is 0.313 e. The van der Waals surface area contributed by atoms with Crippen LogP contribution >= 0.6 is 23.4 Å². The first-order valence-electron chi connectivity index (χ1n) is 7.36. The number of rotatable bonds is 9. The Morgan fingerprint density at radius 2 is 2.26 bits per heavy atom. The minimum Gasteiger partial charge on any atom is -0.313 e. The summed E-state index contributed by atoms with van der Waals surface area (Å²) in [5.41, 5.74) is 1.39. The maximum atomic E-state index is 6.12. The summed E-state index contributed by atoms with van der Waals surface area (Å²) in [5.74, 6) is 3.11. The number of hydrogen-bond donors (Lipinski definition) is 1. The lowest BCUT2D eigenvalue weighted by Crippen LogP contribution is -2.23. The highest BCUT2D eigenvalue weighted by molar-refractivity contribution is 7.99. The van der Waals surface area contributed by atoms with Gasteiger partial charge in [0.15, 0.2) is 0 Å². The van der Waals surface area contributed by atoms with E-state index in [1.807, 2.05) is 17.8 Å². The summed E-state index contributed by atoms with van der Waals surface area (Å²) in [7, 11) is 0. The van der Waals surface area contributed by atoms with E-state index in [0.29, 0.717) is 5.92 Å². The van der Waals surface area contributed by atoms with Crippen molar-refractivity contribution in [3.63, 3.8) is 0 Å². The van der Waals surface area contributed by atoms with Gasteiger partial charge in [-0.05, 0) is 60.8 Å². The van der Waals surface area contributed by atoms with Crippen molar-refractivity contribution in [3.8, 4) is 0 Å². The lowest BCUT2D eigenvalue weighted by atomic mass is 9.94. The number of hydrogen-bond acceptors (Lipinski definition) is 2. The highest BCUT2D eigenvalue weighted by Crippen LogP contribution is 2.26. The summed E-state index contributed by atoms with van der Waals surface area (Å²) in [6.45, 7) is 3.33. The van der Waals surface area contributed by atoms with Gasteiger partial charge in [0, 0.05) is 17.6 Å². The van der Waals surface area contributed by atoms with Crippen LogP contribution in [0.25, 0.3) is 0 Å². The van der Waals surface area contributed by atoms with Gasteiger partial charge in [0.1, 0.15) is 0 Å². The van der Waals surface area contributed by atoms with Gasteiger partial charge in [-0.15, -0.1) is 0 Å². The molecule has 0 radical (unpaired) electrons. The fourth-order valence-corrected chi connectivity index (χ4v) is 3.18. The van der Waals surface area contributed by atoms with Crippen LogP contribution in [0, 0.1) is 0 Å². The maximum absolute atomic E-state index is 6.12. The molecule has 1 unspecified atom stereocenters. The Bertz CT molecular complexity index is 379. The molecule has 2 rings (SSSR count). The molecule has 3 heteroatoms. The van der Waals surface area contributed by atoms with E-state index in [9.17, 15) is 0 Å². The average molecular weight is 298 g/mol. The Morgan fingerprint density at radius 1 is 1.42 bits per heavy atom. The van der Waals surface area contributed by atoms with E-state index in [2.05, 4.69) is 30.4 Å². The average Bonchev–Trinajstić information content (AvgIpc) is 3.22. The molecule has 19 heavy (non-hydrogen) atoms. The summed E-state index contributed by atoms with van der Waals surface area (Å²) in [6.07, 6.45) is 5.26. The third-order valence-electron chi connectivity index (χ3n) is 3.60. The van der Waals surface area contributed by atoms with Crippen LogP contribution in [-0.4, -0.2) is 24.1 Å². The van der Waals surface area contributed by atoms with Crippen LogP contribution in [0.2, 0.25) is 5.02 Å². The third kappa shape index (κ3) is 5.76. The molecule has 0 aliphatic heterocycles. The Kier molecular flexibility index (Phi) is 6.55. The molecule has 1 aliphatic rings. The summed E-state index contributed by atoms with van der Waals surface area (Å²) in [5, 5.41) is 4.52. The zero-order chi connectivity index (χ0) is 13.5. The van der Waals surface area contributed by atoms with Crippen LogP contribution in [0.3, 0.4) is 0 Å². The quantitative estimate of drug-likeness (QED) is 0.663. The first-order valence-corrected chi connectivity index (χ1v) is 8.89. The van der Waals surface area contributed by atoms with Gasteiger partial charge >= 0.3 is 0 Å². The second-order valence-corrected chi connectivity index (χ2v) is 7.10. The summed E-state index contributed by atoms with van der Waals surface area (Å²) < 4.78 is 0. The number of thioether (sulfide) groups is 1. The van der Waals surface area contributed by atoms with E-state index in [1.165, 1.54) is 42.8 Å².